The lowest BCUT2D eigenvalue weighted by Gasteiger charge is -2.25. The van der Waals surface area contributed by atoms with Gasteiger partial charge in [-0.3, -0.25) is 4.90 Å². The molecule has 4 rings (SSSR count). The predicted molar refractivity (Wildman–Crippen MR) is 98.1 cm³/mol. The molecule has 0 amide bonds. The number of rotatable bonds is 7. The molecular formula is C20H25ClFN3. The highest BCUT2D eigenvalue weighted by Crippen LogP contribution is 2.33. The summed E-state index contributed by atoms with van der Waals surface area (Å²) in [5.74, 6) is 1.59. The Morgan fingerprint density at radius 2 is 2.00 bits per heavy atom. The van der Waals surface area contributed by atoms with Crippen molar-refractivity contribution in [1.29, 1.82) is 0 Å². The largest absolute Gasteiger partial charge is 0.329 e. The van der Waals surface area contributed by atoms with Crippen LogP contribution >= 0.6 is 11.6 Å². The van der Waals surface area contributed by atoms with Crippen LogP contribution in [0.15, 0.2) is 30.6 Å². The molecule has 134 valence electrons. The van der Waals surface area contributed by atoms with Crippen molar-refractivity contribution in [3.05, 3.63) is 52.8 Å². The van der Waals surface area contributed by atoms with Crippen molar-refractivity contribution >= 4 is 11.6 Å². The third-order valence-electron chi connectivity index (χ3n) is 5.57. The van der Waals surface area contributed by atoms with Crippen molar-refractivity contribution in [2.75, 3.05) is 6.54 Å². The molecule has 2 aromatic rings. The van der Waals surface area contributed by atoms with E-state index in [-0.39, 0.29) is 5.82 Å². The Hall–Kier alpha value is -1.39. The predicted octanol–water partition coefficient (Wildman–Crippen LogP) is 4.88. The minimum absolute atomic E-state index is 0.253. The van der Waals surface area contributed by atoms with Gasteiger partial charge in [0.15, 0.2) is 0 Å². The van der Waals surface area contributed by atoms with E-state index in [0.29, 0.717) is 23.2 Å². The standard InChI is InChI=1S/C20H25ClFN3/c21-18-6-3-7-19(22)17(18)13-24-11-10-23-20(24)14-25(16-8-9-16)12-15-4-1-2-5-15/h3,6-7,10-11,15-16H,1-2,4-5,8-9,12-14H2. The summed E-state index contributed by atoms with van der Waals surface area (Å²) in [7, 11) is 0. The third kappa shape index (κ3) is 4.06. The van der Waals surface area contributed by atoms with Crippen LogP contribution in [0.4, 0.5) is 4.39 Å². The molecule has 1 aromatic carbocycles. The van der Waals surface area contributed by atoms with Crippen molar-refractivity contribution in [2.24, 2.45) is 5.92 Å². The molecule has 2 aliphatic carbocycles. The second-order valence-corrected chi connectivity index (χ2v) is 7.89. The van der Waals surface area contributed by atoms with Gasteiger partial charge in [-0.05, 0) is 43.7 Å². The molecule has 25 heavy (non-hydrogen) atoms. The zero-order valence-corrected chi connectivity index (χ0v) is 15.3. The maximum absolute atomic E-state index is 14.1. The number of hydrogen-bond donors (Lipinski definition) is 0. The van der Waals surface area contributed by atoms with Gasteiger partial charge in [0, 0.05) is 35.6 Å². The monoisotopic (exact) mass is 361 g/mol. The molecule has 3 nitrogen and oxygen atoms in total. The first-order valence-corrected chi connectivity index (χ1v) is 9.75. The summed E-state index contributed by atoms with van der Waals surface area (Å²) in [5, 5.41) is 0.477. The maximum Gasteiger partial charge on any atom is 0.129 e. The van der Waals surface area contributed by atoms with E-state index < -0.39 is 0 Å². The summed E-state index contributed by atoms with van der Waals surface area (Å²) >= 11 is 6.19. The van der Waals surface area contributed by atoms with Crippen LogP contribution in [0.25, 0.3) is 0 Å². The number of benzene rings is 1. The van der Waals surface area contributed by atoms with Crippen LogP contribution < -0.4 is 0 Å². The Kier molecular flexibility index (Phi) is 5.09. The highest BCUT2D eigenvalue weighted by molar-refractivity contribution is 6.31. The Labute approximate surface area is 153 Å². The van der Waals surface area contributed by atoms with Gasteiger partial charge in [-0.2, -0.15) is 0 Å². The van der Waals surface area contributed by atoms with Crippen LogP contribution in [0.5, 0.6) is 0 Å². The number of halogens is 2. The molecule has 5 heteroatoms. The second-order valence-electron chi connectivity index (χ2n) is 7.48. The van der Waals surface area contributed by atoms with E-state index in [1.807, 2.05) is 17.0 Å². The molecule has 2 aliphatic rings. The Morgan fingerprint density at radius 3 is 2.72 bits per heavy atom. The van der Waals surface area contributed by atoms with E-state index in [1.165, 1.54) is 51.1 Å². The van der Waals surface area contributed by atoms with Crippen LogP contribution in [0.3, 0.4) is 0 Å². The zero-order chi connectivity index (χ0) is 17.2. The van der Waals surface area contributed by atoms with Crippen molar-refractivity contribution in [3.8, 4) is 0 Å². The summed E-state index contributed by atoms with van der Waals surface area (Å²) in [5.41, 5.74) is 0.539. The molecule has 0 saturated heterocycles. The summed E-state index contributed by atoms with van der Waals surface area (Å²) in [6, 6.07) is 5.57. The molecule has 1 aromatic heterocycles. The molecule has 0 N–H and O–H groups in total. The number of nitrogens with zero attached hydrogens (tertiary/aromatic N) is 3. The minimum atomic E-state index is -0.253. The number of imidazole rings is 1. The summed E-state index contributed by atoms with van der Waals surface area (Å²) in [4.78, 5) is 7.15. The van der Waals surface area contributed by atoms with Gasteiger partial charge < -0.3 is 4.57 Å². The van der Waals surface area contributed by atoms with Crippen molar-refractivity contribution in [3.63, 3.8) is 0 Å². The van der Waals surface area contributed by atoms with Crippen molar-refractivity contribution < 1.29 is 4.39 Å². The first kappa shape index (κ1) is 17.0. The summed E-state index contributed by atoms with van der Waals surface area (Å²) < 4.78 is 16.2. The van der Waals surface area contributed by atoms with E-state index in [9.17, 15) is 4.39 Å². The smallest absolute Gasteiger partial charge is 0.129 e. The fourth-order valence-corrected chi connectivity index (χ4v) is 4.20. The first-order valence-electron chi connectivity index (χ1n) is 9.37. The fourth-order valence-electron chi connectivity index (χ4n) is 3.98. The van der Waals surface area contributed by atoms with Gasteiger partial charge in [0.1, 0.15) is 11.6 Å². The van der Waals surface area contributed by atoms with Crippen LogP contribution in [-0.4, -0.2) is 27.0 Å². The fraction of sp³-hybridized carbons (Fsp3) is 0.550. The Balaban J connectivity index is 1.48. The lowest BCUT2D eigenvalue weighted by atomic mass is 10.1. The lowest BCUT2D eigenvalue weighted by Crippen LogP contribution is -2.31. The van der Waals surface area contributed by atoms with Gasteiger partial charge in [-0.15, -0.1) is 0 Å². The zero-order valence-electron chi connectivity index (χ0n) is 14.5. The van der Waals surface area contributed by atoms with Gasteiger partial charge in [-0.1, -0.05) is 30.5 Å². The lowest BCUT2D eigenvalue weighted by molar-refractivity contribution is 0.207. The normalized spacial score (nSPS) is 18.4. The van der Waals surface area contributed by atoms with Crippen LogP contribution in [-0.2, 0) is 13.1 Å². The van der Waals surface area contributed by atoms with E-state index in [0.717, 1.165) is 18.3 Å². The summed E-state index contributed by atoms with van der Waals surface area (Å²) in [6.07, 6.45) is 11.8. The molecule has 2 fully saturated rings. The second kappa shape index (κ2) is 7.46. The highest BCUT2D eigenvalue weighted by atomic mass is 35.5. The van der Waals surface area contributed by atoms with Crippen LogP contribution in [0.1, 0.15) is 49.9 Å². The minimum Gasteiger partial charge on any atom is -0.329 e. The SMILES string of the molecule is Fc1cccc(Cl)c1Cn1ccnc1CN(CC1CCCC1)C1CC1. The molecule has 1 heterocycles. The average molecular weight is 362 g/mol. The molecule has 0 aliphatic heterocycles. The third-order valence-corrected chi connectivity index (χ3v) is 5.92. The van der Waals surface area contributed by atoms with Gasteiger partial charge in [0.2, 0.25) is 0 Å². The molecule has 2 saturated carbocycles. The number of aromatic nitrogens is 2. The number of hydrogen-bond acceptors (Lipinski definition) is 2. The van der Waals surface area contributed by atoms with Gasteiger partial charge in [0.05, 0.1) is 13.1 Å². The van der Waals surface area contributed by atoms with E-state index >= 15 is 0 Å². The quantitative estimate of drug-likeness (QED) is 0.700. The average Bonchev–Trinajstić information content (AvgIpc) is 3.14. The van der Waals surface area contributed by atoms with Crippen molar-refractivity contribution in [1.82, 2.24) is 14.5 Å². The van der Waals surface area contributed by atoms with Gasteiger partial charge in [0.25, 0.3) is 0 Å². The highest BCUT2D eigenvalue weighted by Gasteiger charge is 2.32. The molecule has 0 bridgehead atoms. The first-order chi connectivity index (χ1) is 12.2. The molecule has 0 atom stereocenters. The van der Waals surface area contributed by atoms with E-state index in [1.54, 1.807) is 12.1 Å². The van der Waals surface area contributed by atoms with E-state index in [4.69, 9.17) is 11.6 Å². The van der Waals surface area contributed by atoms with Crippen LogP contribution in [0, 0.1) is 11.7 Å². The van der Waals surface area contributed by atoms with Crippen LogP contribution in [0.2, 0.25) is 5.02 Å². The molecule has 0 unspecified atom stereocenters. The maximum atomic E-state index is 14.1. The topological polar surface area (TPSA) is 21.1 Å². The summed E-state index contributed by atoms with van der Waals surface area (Å²) in [6.45, 7) is 2.46. The molecular weight excluding hydrogens is 337 g/mol. The Bertz CT molecular complexity index is 699. The Morgan fingerprint density at radius 1 is 1.20 bits per heavy atom. The van der Waals surface area contributed by atoms with Gasteiger partial charge in [-0.25, -0.2) is 9.37 Å². The van der Waals surface area contributed by atoms with Crippen molar-refractivity contribution in [2.45, 2.75) is 57.7 Å². The van der Waals surface area contributed by atoms with Gasteiger partial charge >= 0.3 is 0 Å². The van der Waals surface area contributed by atoms with E-state index in [2.05, 4.69) is 9.88 Å². The molecule has 0 radical (unpaired) electrons. The molecule has 0 spiro atoms.